The van der Waals surface area contributed by atoms with Gasteiger partial charge in [0.05, 0.1) is 6.42 Å². The van der Waals surface area contributed by atoms with E-state index in [1.165, 1.54) is 0 Å². The lowest BCUT2D eigenvalue weighted by atomic mass is 10.1. The van der Waals surface area contributed by atoms with Gasteiger partial charge < -0.3 is 16.4 Å². The van der Waals surface area contributed by atoms with Gasteiger partial charge in [-0.2, -0.15) is 0 Å². The van der Waals surface area contributed by atoms with Crippen molar-refractivity contribution in [1.29, 1.82) is 0 Å². The highest BCUT2D eigenvalue weighted by Gasteiger charge is 2.18. The normalized spacial score (nSPS) is 11.7. The Labute approximate surface area is 111 Å². The van der Waals surface area contributed by atoms with Crippen molar-refractivity contribution in [3.05, 3.63) is 29.3 Å². The molecule has 0 aliphatic rings. The fourth-order valence-electron chi connectivity index (χ4n) is 1.46. The van der Waals surface area contributed by atoms with Crippen molar-refractivity contribution < 1.29 is 9.59 Å². The third-order valence-corrected chi connectivity index (χ3v) is 2.51. The molecule has 1 aromatic carbocycles. The van der Waals surface area contributed by atoms with E-state index in [2.05, 4.69) is 10.6 Å². The van der Waals surface area contributed by atoms with Crippen molar-refractivity contribution in [3.63, 3.8) is 0 Å². The smallest absolute Gasteiger partial charge is 0.240 e. The van der Waals surface area contributed by atoms with Crippen molar-refractivity contribution >= 4 is 29.1 Å². The molecule has 2 amide bonds. The van der Waals surface area contributed by atoms with Crippen LogP contribution in [-0.2, 0) is 9.59 Å². The number of rotatable bonds is 6. The molecule has 0 bridgehead atoms. The molecule has 0 saturated heterocycles. The van der Waals surface area contributed by atoms with Crippen LogP contribution in [0.15, 0.2) is 24.3 Å². The molecular formula is C12H16ClN3O2. The molecule has 0 spiro atoms. The first-order valence-corrected chi connectivity index (χ1v) is 5.99. The molecule has 0 fully saturated rings. The predicted octanol–water partition coefficient (Wildman–Crippen LogP) is 1.13. The topological polar surface area (TPSA) is 84.2 Å². The number of benzene rings is 1. The van der Waals surface area contributed by atoms with Gasteiger partial charge >= 0.3 is 0 Å². The van der Waals surface area contributed by atoms with Crippen molar-refractivity contribution in [1.82, 2.24) is 5.32 Å². The Morgan fingerprint density at radius 3 is 2.72 bits per heavy atom. The van der Waals surface area contributed by atoms with Crippen molar-refractivity contribution in [2.75, 3.05) is 11.9 Å². The Morgan fingerprint density at radius 1 is 1.44 bits per heavy atom. The summed E-state index contributed by atoms with van der Waals surface area (Å²) >= 11 is 5.83. The summed E-state index contributed by atoms with van der Waals surface area (Å²) in [7, 11) is 0. The molecule has 1 rings (SSSR count). The first kappa shape index (κ1) is 14.3. The quantitative estimate of drug-likeness (QED) is 0.724. The van der Waals surface area contributed by atoms with E-state index >= 15 is 0 Å². The summed E-state index contributed by atoms with van der Waals surface area (Å²) < 4.78 is 0. The van der Waals surface area contributed by atoms with E-state index in [0.29, 0.717) is 17.3 Å². The number of hydrogen-bond acceptors (Lipinski definition) is 3. The number of carbonyl (C=O) groups excluding carboxylic acids is 2. The van der Waals surface area contributed by atoms with E-state index < -0.39 is 11.9 Å². The first-order chi connectivity index (χ1) is 8.52. The van der Waals surface area contributed by atoms with E-state index in [4.69, 9.17) is 17.3 Å². The summed E-state index contributed by atoms with van der Waals surface area (Å²) in [6, 6.07) is 6.12. The molecule has 6 heteroatoms. The van der Waals surface area contributed by atoms with Gasteiger partial charge in [0, 0.05) is 17.3 Å². The van der Waals surface area contributed by atoms with Crippen LogP contribution in [0.25, 0.3) is 0 Å². The molecule has 0 radical (unpaired) electrons. The fourth-order valence-corrected chi connectivity index (χ4v) is 1.65. The van der Waals surface area contributed by atoms with Gasteiger partial charge in [-0.05, 0) is 25.1 Å². The van der Waals surface area contributed by atoms with Crippen molar-refractivity contribution in [2.45, 2.75) is 19.4 Å². The minimum atomic E-state index is -0.755. The van der Waals surface area contributed by atoms with Crippen LogP contribution in [0.3, 0.4) is 0 Å². The summed E-state index contributed by atoms with van der Waals surface area (Å²) in [4.78, 5) is 22.7. The second-order valence-corrected chi connectivity index (χ2v) is 4.20. The lowest BCUT2D eigenvalue weighted by Gasteiger charge is -2.16. The molecular weight excluding hydrogens is 254 g/mol. The number of anilines is 1. The van der Waals surface area contributed by atoms with Crippen LogP contribution in [0.5, 0.6) is 0 Å². The zero-order valence-electron chi connectivity index (χ0n) is 10.1. The van der Waals surface area contributed by atoms with Crippen LogP contribution in [0.4, 0.5) is 5.69 Å². The number of halogens is 1. The van der Waals surface area contributed by atoms with E-state index in [1.54, 1.807) is 24.3 Å². The van der Waals surface area contributed by atoms with Gasteiger partial charge in [0.1, 0.15) is 6.04 Å². The highest BCUT2D eigenvalue weighted by molar-refractivity contribution is 6.30. The molecule has 0 aliphatic heterocycles. The Kier molecular flexibility index (Phi) is 5.45. The van der Waals surface area contributed by atoms with E-state index in [0.717, 1.165) is 0 Å². The molecule has 98 valence electrons. The summed E-state index contributed by atoms with van der Waals surface area (Å²) in [6.07, 6.45) is -0.00428. The van der Waals surface area contributed by atoms with Crippen LogP contribution in [0.2, 0.25) is 5.02 Å². The molecule has 4 N–H and O–H groups in total. The number of hydrogen-bond donors (Lipinski definition) is 3. The summed E-state index contributed by atoms with van der Waals surface area (Å²) in [5.41, 5.74) is 5.90. The van der Waals surface area contributed by atoms with Crippen LogP contribution < -0.4 is 16.4 Å². The SMILES string of the molecule is CCNC(=O)CC(Nc1cccc(Cl)c1)C(N)=O. The van der Waals surface area contributed by atoms with Crippen molar-refractivity contribution in [3.8, 4) is 0 Å². The standard InChI is InChI=1S/C12H16ClN3O2/c1-2-15-11(17)7-10(12(14)18)16-9-5-3-4-8(13)6-9/h3-6,10,16H,2,7H2,1H3,(H2,14,18)(H,15,17). The van der Waals surface area contributed by atoms with E-state index in [1.807, 2.05) is 6.92 Å². The molecule has 1 atom stereocenters. The largest absolute Gasteiger partial charge is 0.373 e. The van der Waals surface area contributed by atoms with Gasteiger partial charge in [0.2, 0.25) is 11.8 Å². The van der Waals surface area contributed by atoms with Gasteiger partial charge in [0.25, 0.3) is 0 Å². The minimum Gasteiger partial charge on any atom is -0.373 e. The Bertz CT molecular complexity index is 437. The molecule has 0 heterocycles. The lowest BCUT2D eigenvalue weighted by molar-refractivity contribution is -0.125. The maximum atomic E-state index is 11.4. The van der Waals surface area contributed by atoms with Gasteiger partial charge in [-0.25, -0.2) is 0 Å². The summed E-state index contributed by atoms with van der Waals surface area (Å²) in [6.45, 7) is 2.32. The third-order valence-electron chi connectivity index (χ3n) is 2.27. The Balaban J connectivity index is 2.69. The predicted molar refractivity (Wildman–Crippen MR) is 71.4 cm³/mol. The second kappa shape index (κ2) is 6.86. The minimum absolute atomic E-state index is 0.00428. The molecule has 5 nitrogen and oxygen atoms in total. The molecule has 0 saturated carbocycles. The fraction of sp³-hybridized carbons (Fsp3) is 0.333. The number of amides is 2. The highest BCUT2D eigenvalue weighted by atomic mass is 35.5. The third kappa shape index (κ3) is 4.63. The average molecular weight is 270 g/mol. The summed E-state index contributed by atoms with van der Waals surface area (Å²) in [5, 5.41) is 6.05. The van der Waals surface area contributed by atoms with Crippen LogP contribution in [-0.4, -0.2) is 24.4 Å². The van der Waals surface area contributed by atoms with Crippen LogP contribution in [0, 0.1) is 0 Å². The Morgan fingerprint density at radius 2 is 2.17 bits per heavy atom. The van der Waals surface area contributed by atoms with Gasteiger partial charge in [-0.1, -0.05) is 17.7 Å². The van der Waals surface area contributed by atoms with Gasteiger partial charge in [-0.3, -0.25) is 9.59 Å². The second-order valence-electron chi connectivity index (χ2n) is 3.77. The Hall–Kier alpha value is -1.75. The number of primary amides is 1. The van der Waals surface area contributed by atoms with E-state index in [-0.39, 0.29) is 12.3 Å². The molecule has 0 aromatic heterocycles. The zero-order chi connectivity index (χ0) is 13.5. The molecule has 1 aromatic rings. The zero-order valence-corrected chi connectivity index (χ0v) is 10.8. The average Bonchev–Trinajstić information content (AvgIpc) is 2.28. The maximum absolute atomic E-state index is 11.4. The monoisotopic (exact) mass is 269 g/mol. The maximum Gasteiger partial charge on any atom is 0.240 e. The van der Waals surface area contributed by atoms with Crippen LogP contribution in [0.1, 0.15) is 13.3 Å². The van der Waals surface area contributed by atoms with E-state index in [9.17, 15) is 9.59 Å². The van der Waals surface area contributed by atoms with Crippen LogP contribution >= 0.6 is 11.6 Å². The van der Waals surface area contributed by atoms with Gasteiger partial charge in [-0.15, -0.1) is 0 Å². The summed E-state index contributed by atoms with van der Waals surface area (Å²) in [5.74, 6) is -0.808. The van der Waals surface area contributed by atoms with Gasteiger partial charge in [0.15, 0.2) is 0 Å². The number of carbonyl (C=O) groups is 2. The number of nitrogens with one attached hydrogen (secondary N) is 2. The number of nitrogens with two attached hydrogens (primary N) is 1. The molecule has 18 heavy (non-hydrogen) atoms. The van der Waals surface area contributed by atoms with Crippen molar-refractivity contribution in [2.24, 2.45) is 5.73 Å². The molecule has 1 unspecified atom stereocenters. The lowest BCUT2D eigenvalue weighted by Crippen LogP contribution is -2.40. The highest BCUT2D eigenvalue weighted by Crippen LogP contribution is 2.16. The first-order valence-electron chi connectivity index (χ1n) is 5.61. The molecule has 0 aliphatic carbocycles.